The summed E-state index contributed by atoms with van der Waals surface area (Å²) in [5.74, 6) is 0.757. The number of amides is 2. The molecule has 4 aliphatic rings. The Morgan fingerprint density at radius 3 is 2.31 bits per heavy atom. The second-order valence-electron chi connectivity index (χ2n) is 13.0. The number of anilines is 1. The minimum Gasteiger partial charge on any atom is -0.365 e. The third-order valence-electron chi connectivity index (χ3n) is 9.89. The molecule has 45 heavy (non-hydrogen) atoms. The average molecular weight is 644 g/mol. The molecule has 4 bridgehead atoms. The molecule has 4 aromatic heterocycles. The van der Waals surface area contributed by atoms with Gasteiger partial charge in [0.1, 0.15) is 15.4 Å². The lowest BCUT2D eigenvalue weighted by molar-refractivity contribution is -0.00765. The van der Waals surface area contributed by atoms with E-state index in [1.165, 1.54) is 36.7 Å². The van der Waals surface area contributed by atoms with E-state index in [9.17, 15) is 18.4 Å². The molecule has 4 aliphatic carbocycles. The van der Waals surface area contributed by atoms with Crippen LogP contribution in [0.2, 0.25) is 0 Å². The van der Waals surface area contributed by atoms with Crippen LogP contribution in [-0.2, 0) is 5.41 Å². The molecule has 230 valence electrons. The minimum absolute atomic E-state index is 0.0681. The Bertz CT molecular complexity index is 1940. The lowest BCUT2D eigenvalue weighted by Gasteiger charge is -2.56. The molecule has 2 amide bonds. The van der Waals surface area contributed by atoms with Crippen LogP contribution >= 0.6 is 22.7 Å². The second-order valence-corrected chi connectivity index (χ2v) is 15.3. The van der Waals surface area contributed by atoms with Crippen molar-refractivity contribution >= 4 is 50.4 Å². The lowest BCUT2D eigenvalue weighted by Crippen LogP contribution is -2.49. The van der Waals surface area contributed by atoms with Gasteiger partial charge in [0.25, 0.3) is 18.2 Å². The molecule has 9 rings (SSSR count). The molecular formula is C34H31F2N5O2S2. The Labute approximate surface area is 266 Å². The van der Waals surface area contributed by atoms with Gasteiger partial charge in [0.2, 0.25) is 0 Å². The van der Waals surface area contributed by atoms with Gasteiger partial charge in [-0.3, -0.25) is 9.59 Å². The van der Waals surface area contributed by atoms with E-state index in [4.69, 9.17) is 10.8 Å². The summed E-state index contributed by atoms with van der Waals surface area (Å²) in [5, 5.41) is 8.57. The van der Waals surface area contributed by atoms with E-state index in [1.807, 2.05) is 49.4 Å². The Hall–Kier alpha value is -3.96. The van der Waals surface area contributed by atoms with E-state index < -0.39 is 23.9 Å². The fourth-order valence-electron chi connectivity index (χ4n) is 8.52. The van der Waals surface area contributed by atoms with Crippen molar-refractivity contribution in [1.29, 1.82) is 0 Å². The molecule has 4 heterocycles. The van der Waals surface area contributed by atoms with E-state index in [0.717, 1.165) is 51.7 Å². The Morgan fingerprint density at radius 2 is 1.71 bits per heavy atom. The summed E-state index contributed by atoms with van der Waals surface area (Å²) in [7, 11) is 0. The summed E-state index contributed by atoms with van der Waals surface area (Å²) in [6, 6.07) is 14.8. The number of para-hydroxylation sites is 1. The monoisotopic (exact) mass is 643 g/mol. The number of nitrogens with zero attached hydrogens (tertiary/aromatic N) is 3. The molecule has 3 N–H and O–H groups in total. The third-order valence-corrected chi connectivity index (χ3v) is 12.0. The first-order valence-corrected chi connectivity index (χ1v) is 16.9. The van der Waals surface area contributed by atoms with Crippen LogP contribution in [0.1, 0.15) is 81.2 Å². The summed E-state index contributed by atoms with van der Waals surface area (Å²) < 4.78 is 29.7. The van der Waals surface area contributed by atoms with Crippen molar-refractivity contribution in [2.24, 2.45) is 23.5 Å². The predicted octanol–water partition coefficient (Wildman–Crippen LogP) is 8.28. The number of benzene rings is 1. The van der Waals surface area contributed by atoms with Crippen molar-refractivity contribution in [1.82, 2.24) is 14.8 Å². The maximum Gasteiger partial charge on any atom is 0.280 e. The van der Waals surface area contributed by atoms with E-state index in [2.05, 4.69) is 10.3 Å². The number of carbonyl (C=O) groups excluding carboxylic acids is 2. The molecule has 0 atom stereocenters. The summed E-state index contributed by atoms with van der Waals surface area (Å²) in [6.45, 7) is 1.93. The topological polar surface area (TPSA) is 103 Å². The molecule has 0 saturated heterocycles. The molecule has 11 heteroatoms. The van der Waals surface area contributed by atoms with Gasteiger partial charge in [-0.1, -0.05) is 18.2 Å². The number of nitrogens with two attached hydrogens (primary N) is 1. The zero-order valence-corrected chi connectivity index (χ0v) is 26.2. The number of alkyl halides is 2. The molecule has 0 spiro atoms. The Balaban J connectivity index is 1.28. The number of halogens is 2. The first-order valence-electron chi connectivity index (χ1n) is 15.3. The Kier molecular flexibility index (Phi) is 6.69. The van der Waals surface area contributed by atoms with Crippen LogP contribution in [0.25, 0.3) is 26.3 Å². The van der Waals surface area contributed by atoms with Crippen LogP contribution in [0, 0.1) is 24.7 Å². The smallest absolute Gasteiger partial charge is 0.280 e. The standard InChI is InChI=1S/C34H31F2N5O2S2/c1-17-7-8-25(44-17)22-12-24(30(35)36)38-33-26(22)27(28(45-33)31(37)42)39-32(43)23-16-41(21-5-3-2-4-6-21)40-29(23)34-13-18-9-19(14-34)11-20(10-18)15-34/h2-8,12,16,18-20,30H,9-11,13-15H2,1H3,(H2,37,42)(H,39,43). The molecule has 1 aromatic carbocycles. The highest BCUT2D eigenvalue weighted by molar-refractivity contribution is 7.21. The number of aryl methyl sites for hydroxylation is 1. The van der Waals surface area contributed by atoms with Gasteiger partial charge in [-0.25, -0.2) is 18.4 Å². The third kappa shape index (κ3) is 4.78. The van der Waals surface area contributed by atoms with Crippen molar-refractivity contribution in [2.75, 3.05) is 5.32 Å². The number of thiophene rings is 2. The quantitative estimate of drug-likeness (QED) is 0.186. The number of fused-ring (bicyclic) bond motifs is 1. The van der Waals surface area contributed by atoms with E-state index in [1.54, 1.807) is 10.9 Å². The van der Waals surface area contributed by atoms with Gasteiger partial charge >= 0.3 is 0 Å². The second kappa shape index (κ2) is 10.6. The fourth-order valence-corrected chi connectivity index (χ4v) is 10.4. The first kappa shape index (κ1) is 28.5. The number of carbonyl (C=O) groups is 2. The van der Waals surface area contributed by atoms with Crippen molar-refractivity contribution in [3.05, 3.63) is 81.4 Å². The van der Waals surface area contributed by atoms with Crippen LogP contribution in [0.3, 0.4) is 0 Å². The highest BCUT2D eigenvalue weighted by atomic mass is 32.1. The lowest BCUT2D eigenvalue weighted by atomic mass is 9.48. The number of rotatable bonds is 7. The van der Waals surface area contributed by atoms with E-state index in [0.29, 0.717) is 34.3 Å². The van der Waals surface area contributed by atoms with Gasteiger partial charge in [-0.2, -0.15) is 5.10 Å². The number of hydrogen-bond donors (Lipinski definition) is 2. The summed E-state index contributed by atoms with van der Waals surface area (Å²) in [5.41, 5.74) is 8.04. The number of pyridine rings is 1. The molecule has 4 saturated carbocycles. The van der Waals surface area contributed by atoms with E-state index >= 15 is 0 Å². The number of aromatic nitrogens is 3. The van der Waals surface area contributed by atoms with Crippen LogP contribution in [-0.4, -0.2) is 26.6 Å². The maximum absolute atomic E-state index is 14.5. The summed E-state index contributed by atoms with van der Waals surface area (Å²) >= 11 is 2.36. The maximum atomic E-state index is 14.5. The summed E-state index contributed by atoms with van der Waals surface area (Å²) in [6.07, 6.45) is 5.78. The van der Waals surface area contributed by atoms with Crippen LogP contribution in [0.5, 0.6) is 0 Å². The molecule has 7 nitrogen and oxygen atoms in total. The Morgan fingerprint density at radius 1 is 1.02 bits per heavy atom. The normalized spacial score (nSPS) is 23.7. The number of nitrogens with one attached hydrogen (secondary N) is 1. The summed E-state index contributed by atoms with van der Waals surface area (Å²) in [4.78, 5) is 33.4. The van der Waals surface area contributed by atoms with Crippen LogP contribution in [0.4, 0.5) is 14.5 Å². The van der Waals surface area contributed by atoms with Gasteiger partial charge in [0.05, 0.1) is 22.6 Å². The van der Waals surface area contributed by atoms with Gasteiger partial charge < -0.3 is 11.1 Å². The van der Waals surface area contributed by atoms with Crippen molar-refractivity contribution < 1.29 is 18.4 Å². The molecular weight excluding hydrogens is 613 g/mol. The zero-order chi connectivity index (χ0) is 31.0. The zero-order valence-electron chi connectivity index (χ0n) is 24.6. The molecule has 0 unspecified atom stereocenters. The number of primary amides is 1. The highest BCUT2D eigenvalue weighted by Gasteiger charge is 2.54. The highest BCUT2D eigenvalue weighted by Crippen LogP contribution is 2.61. The molecule has 0 aliphatic heterocycles. The average Bonchev–Trinajstić information content (AvgIpc) is 3.74. The first-order chi connectivity index (χ1) is 21.7. The minimum atomic E-state index is -2.81. The fraction of sp³-hybridized carbons (Fsp3) is 0.353. The van der Waals surface area contributed by atoms with Crippen molar-refractivity contribution in [3.63, 3.8) is 0 Å². The number of hydrogen-bond acceptors (Lipinski definition) is 6. The van der Waals surface area contributed by atoms with Crippen molar-refractivity contribution in [2.45, 2.75) is 57.3 Å². The van der Waals surface area contributed by atoms with E-state index in [-0.39, 0.29) is 20.8 Å². The van der Waals surface area contributed by atoms with Gasteiger partial charge in [-0.15, -0.1) is 22.7 Å². The van der Waals surface area contributed by atoms with Gasteiger partial charge in [0.15, 0.2) is 0 Å². The molecule has 5 aromatic rings. The molecule has 0 radical (unpaired) electrons. The van der Waals surface area contributed by atoms with Crippen LogP contribution in [0.15, 0.2) is 54.7 Å². The van der Waals surface area contributed by atoms with Gasteiger partial charge in [-0.05, 0) is 93.5 Å². The van der Waals surface area contributed by atoms with Gasteiger partial charge in [0, 0.05) is 32.3 Å². The largest absolute Gasteiger partial charge is 0.365 e. The van der Waals surface area contributed by atoms with Crippen molar-refractivity contribution in [3.8, 4) is 16.1 Å². The predicted molar refractivity (Wildman–Crippen MR) is 173 cm³/mol. The SMILES string of the molecule is Cc1ccc(-c2cc(C(F)F)nc3sc(C(N)=O)c(NC(=O)c4cn(-c5ccccc5)nc4C45CC6CC(CC(C6)C4)C5)c23)s1. The molecule has 4 fully saturated rings. The van der Waals surface area contributed by atoms with Crippen LogP contribution < -0.4 is 11.1 Å².